The second-order valence-electron chi connectivity index (χ2n) is 2.13. The van der Waals surface area contributed by atoms with Gasteiger partial charge in [0.1, 0.15) is 0 Å². The average molecular weight is 157 g/mol. The molecule has 0 atom stereocenters. The summed E-state index contributed by atoms with van der Waals surface area (Å²) in [4.78, 5) is 0. The molecule has 1 fully saturated rings. The fourth-order valence-electron chi connectivity index (χ4n) is 0.295. The Bertz CT molecular complexity index is 85.9. The fourth-order valence-corrected chi connectivity index (χ4v) is 2.04. The van der Waals surface area contributed by atoms with Crippen molar-refractivity contribution < 1.29 is 0 Å². The van der Waals surface area contributed by atoms with Crippen molar-refractivity contribution in [2.45, 2.75) is 22.3 Å². The zero-order valence-electron chi connectivity index (χ0n) is 4.16. The molecule has 0 saturated carbocycles. The zero-order chi connectivity index (χ0) is 5.71. The van der Waals surface area contributed by atoms with Crippen LogP contribution in [0.2, 0.25) is 0 Å². The molecule has 0 radical (unpaired) electrons. The molecular weight excluding hydrogens is 151 g/mol. The second kappa shape index (κ2) is 1.26. The molecule has 0 nitrogen and oxygen atoms in total. The minimum atomic E-state index is -0.493. The number of alkyl halides is 2. The molecule has 0 unspecified atom stereocenters. The van der Waals surface area contributed by atoms with E-state index in [0.717, 1.165) is 0 Å². The van der Waals surface area contributed by atoms with Gasteiger partial charge in [-0.2, -0.15) is 0 Å². The number of rotatable bonds is 0. The van der Waals surface area contributed by atoms with Gasteiger partial charge in [0.2, 0.25) is 0 Å². The fraction of sp³-hybridized carbons (Fsp3) is 1.00. The van der Waals surface area contributed by atoms with Crippen LogP contribution in [0, 0.1) is 0 Å². The molecule has 42 valence electrons. The summed E-state index contributed by atoms with van der Waals surface area (Å²) in [6.45, 7) is 4.05. The molecule has 0 aromatic heterocycles. The zero-order valence-corrected chi connectivity index (χ0v) is 6.49. The Morgan fingerprint density at radius 1 is 1.29 bits per heavy atom. The molecule has 0 bridgehead atoms. The summed E-state index contributed by atoms with van der Waals surface area (Å²) in [5.41, 5.74) is 0. The molecule has 3 heteroatoms. The van der Waals surface area contributed by atoms with E-state index in [1.165, 1.54) is 0 Å². The third-order valence-electron chi connectivity index (χ3n) is 1.04. The van der Waals surface area contributed by atoms with Crippen LogP contribution >= 0.6 is 35.0 Å². The molecule has 0 aromatic rings. The normalized spacial score (nSPS) is 32.6. The summed E-state index contributed by atoms with van der Waals surface area (Å²) in [5, 5.41) is 0. The first-order chi connectivity index (χ1) is 2.96. The van der Waals surface area contributed by atoms with E-state index in [-0.39, 0.29) is 4.75 Å². The maximum absolute atomic E-state index is 5.66. The van der Waals surface area contributed by atoms with Gasteiger partial charge in [0.05, 0.1) is 4.75 Å². The van der Waals surface area contributed by atoms with Gasteiger partial charge in [0.25, 0.3) is 0 Å². The van der Waals surface area contributed by atoms with Crippen molar-refractivity contribution in [1.82, 2.24) is 0 Å². The van der Waals surface area contributed by atoms with Crippen LogP contribution in [0.4, 0.5) is 0 Å². The van der Waals surface area contributed by atoms with Crippen molar-refractivity contribution in [2.24, 2.45) is 0 Å². The summed E-state index contributed by atoms with van der Waals surface area (Å²) in [5.74, 6) is 0. The highest BCUT2D eigenvalue weighted by Crippen LogP contribution is 2.68. The van der Waals surface area contributed by atoms with Crippen LogP contribution in [0.3, 0.4) is 0 Å². The van der Waals surface area contributed by atoms with Gasteiger partial charge in [0.15, 0.2) is 3.67 Å². The van der Waals surface area contributed by atoms with Crippen LogP contribution in [0.25, 0.3) is 0 Å². The molecular formula is C4H6Cl2S. The van der Waals surface area contributed by atoms with Gasteiger partial charge in [0, 0.05) is 0 Å². The van der Waals surface area contributed by atoms with Crippen LogP contribution in [-0.2, 0) is 0 Å². The van der Waals surface area contributed by atoms with Crippen LogP contribution in [-0.4, -0.2) is 8.41 Å². The van der Waals surface area contributed by atoms with Gasteiger partial charge in [-0.25, -0.2) is 0 Å². The maximum atomic E-state index is 5.66. The van der Waals surface area contributed by atoms with Crippen LogP contribution in [0.5, 0.6) is 0 Å². The Labute approximate surface area is 57.6 Å². The minimum Gasteiger partial charge on any atom is -0.112 e. The van der Waals surface area contributed by atoms with Gasteiger partial charge in [-0.15, -0.1) is 11.8 Å². The summed E-state index contributed by atoms with van der Waals surface area (Å²) in [6, 6.07) is 0. The predicted molar refractivity (Wildman–Crippen MR) is 36.1 cm³/mol. The molecule has 1 saturated heterocycles. The van der Waals surface area contributed by atoms with E-state index >= 15 is 0 Å². The Morgan fingerprint density at radius 2 is 1.43 bits per heavy atom. The van der Waals surface area contributed by atoms with E-state index in [1.54, 1.807) is 11.8 Å². The molecule has 1 aliphatic heterocycles. The summed E-state index contributed by atoms with van der Waals surface area (Å²) < 4.78 is -0.400. The number of hydrogen-bond donors (Lipinski definition) is 0. The highest BCUT2D eigenvalue weighted by Gasteiger charge is 2.61. The molecule has 0 N–H and O–H groups in total. The van der Waals surface area contributed by atoms with E-state index in [2.05, 4.69) is 0 Å². The highest BCUT2D eigenvalue weighted by atomic mass is 35.5. The van der Waals surface area contributed by atoms with Crippen molar-refractivity contribution in [3.05, 3.63) is 0 Å². The number of hydrogen-bond acceptors (Lipinski definition) is 1. The second-order valence-corrected chi connectivity index (χ2v) is 5.74. The van der Waals surface area contributed by atoms with Crippen LogP contribution in [0.15, 0.2) is 0 Å². The number of halogens is 2. The van der Waals surface area contributed by atoms with Gasteiger partial charge in [-0.3, -0.25) is 0 Å². The first-order valence-corrected chi connectivity index (χ1v) is 3.61. The van der Waals surface area contributed by atoms with Crippen LogP contribution < -0.4 is 0 Å². The lowest BCUT2D eigenvalue weighted by Gasteiger charge is -1.95. The topological polar surface area (TPSA) is 0 Å². The molecule has 0 aliphatic carbocycles. The third-order valence-corrected chi connectivity index (χ3v) is 4.05. The molecule has 7 heavy (non-hydrogen) atoms. The first-order valence-electron chi connectivity index (χ1n) is 2.04. The van der Waals surface area contributed by atoms with Crippen LogP contribution in [0.1, 0.15) is 13.8 Å². The van der Waals surface area contributed by atoms with Gasteiger partial charge in [-0.1, -0.05) is 23.2 Å². The predicted octanol–water partition coefficient (Wildman–Crippen LogP) is 2.64. The molecule has 1 rings (SSSR count). The monoisotopic (exact) mass is 156 g/mol. The molecule has 1 heterocycles. The van der Waals surface area contributed by atoms with E-state index in [1.807, 2.05) is 13.8 Å². The molecule has 0 aromatic carbocycles. The van der Waals surface area contributed by atoms with Gasteiger partial charge < -0.3 is 0 Å². The van der Waals surface area contributed by atoms with Crippen molar-refractivity contribution in [3.63, 3.8) is 0 Å². The lowest BCUT2D eigenvalue weighted by molar-refractivity contribution is 0.841. The Balaban J connectivity index is 2.59. The van der Waals surface area contributed by atoms with E-state index in [9.17, 15) is 0 Å². The smallest absolute Gasteiger partial charge is 0.112 e. The van der Waals surface area contributed by atoms with E-state index < -0.39 is 3.67 Å². The maximum Gasteiger partial charge on any atom is 0.178 e. The molecule has 0 spiro atoms. The number of thioether (sulfide) groups is 1. The standard InChI is InChI=1S/C4H6Cl2S/c1-3(2)4(5,6)7-3/h1-2H3. The van der Waals surface area contributed by atoms with Gasteiger partial charge >= 0.3 is 0 Å². The third kappa shape index (κ3) is 0.868. The Hall–Kier alpha value is 0.930. The summed E-state index contributed by atoms with van der Waals surface area (Å²) >= 11 is 12.9. The lowest BCUT2D eigenvalue weighted by atomic mass is 10.3. The average Bonchev–Trinajstić information content (AvgIpc) is 1.63. The summed E-state index contributed by atoms with van der Waals surface area (Å²) in [7, 11) is 0. The highest BCUT2D eigenvalue weighted by molar-refractivity contribution is 8.12. The van der Waals surface area contributed by atoms with E-state index in [0.29, 0.717) is 0 Å². The largest absolute Gasteiger partial charge is 0.178 e. The lowest BCUT2D eigenvalue weighted by Crippen LogP contribution is -2.04. The van der Waals surface area contributed by atoms with Crippen molar-refractivity contribution >= 4 is 35.0 Å². The molecule has 0 amide bonds. The first kappa shape index (κ1) is 6.06. The Morgan fingerprint density at radius 3 is 1.43 bits per heavy atom. The van der Waals surface area contributed by atoms with Gasteiger partial charge in [-0.05, 0) is 13.8 Å². The molecule has 1 aliphatic rings. The Kier molecular flexibility index (Phi) is 1.09. The van der Waals surface area contributed by atoms with E-state index in [4.69, 9.17) is 23.2 Å². The minimum absolute atomic E-state index is 0.0934. The SMILES string of the molecule is CC1(C)SC1(Cl)Cl. The van der Waals surface area contributed by atoms with Crippen molar-refractivity contribution in [2.75, 3.05) is 0 Å². The summed E-state index contributed by atoms with van der Waals surface area (Å²) in [6.07, 6.45) is 0. The van der Waals surface area contributed by atoms with Crippen molar-refractivity contribution in [1.29, 1.82) is 0 Å². The quantitative estimate of drug-likeness (QED) is 0.384. The van der Waals surface area contributed by atoms with Crippen molar-refractivity contribution in [3.8, 4) is 0 Å².